The van der Waals surface area contributed by atoms with E-state index in [0.717, 1.165) is 16.9 Å². The summed E-state index contributed by atoms with van der Waals surface area (Å²) in [5.41, 5.74) is 2.41. The van der Waals surface area contributed by atoms with Gasteiger partial charge in [-0.05, 0) is 25.0 Å². The van der Waals surface area contributed by atoms with Crippen LogP contribution in [-0.4, -0.2) is 31.2 Å². The van der Waals surface area contributed by atoms with Gasteiger partial charge in [0.1, 0.15) is 0 Å². The number of fused-ring (bicyclic) bond motifs is 1. The monoisotopic (exact) mass is 343 g/mol. The number of amides is 1. The fraction of sp³-hybridized carbons (Fsp3) is 0.250. The molecule has 0 fully saturated rings. The van der Waals surface area contributed by atoms with Gasteiger partial charge >= 0.3 is 0 Å². The molecule has 2 heterocycles. The maximum atomic E-state index is 12.2. The number of anilines is 1. The molecule has 0 aliphatic carbocycles. The lowest BCUT2D eigenvalue weighted by Crippen LogP contribution is -2.15. The number of para-hydroxylation sites is 1. The van der Waals surface area contributed by atoms with Crippen molar-refractivity contribution >= 4 is 29.1 Å². The first-order valence-corrected chi connectivity index (χ1v) is 8.52. The van der Waals surface area contributed by atoms with Crippen LogP contribution in [0, 0.1) is 6.92 Å². The van der Waals surface area contributed by atoms with Gasteiger partial charge in [-0.1, -0.05) is 36.9 Å². The fourth-order valence-electron chi connectivity index (χ4n) is 2.36. The number of aryl methyl sites for hydroxylation is 2. The van der Waals surface area contributed by atoms with Crippen LogP contribution >= 0.6 is 11.8 Å². The summed E-state index contributed by atoms with van der Waals surface area (Å²) in [6, 6.07) is 9.14. The normalized spacial score (nSPS) is 10.9. The number of thioether (sulfide) groups is 1. The maximum absolute atomic E-state index is 12.2. The Kier molecular flexibility index (Phi) is 4.66. The molecule has 0 aliphatic rings. The highest BCUT2D eigenvalue weighted by atomic mass is 32.2. The number of benzene rings is 1. The number of H-pyrrole nitrogens is 1. The molecule has 0 saturated carbocycles. The zero-order valence-corrected chi connectivity index (χ0v) is 14.2. The summed E-state index contributed by atoms with van der Waals surface area (Å²) in [6.45, 7) is 3.90. The van der Waals surface area contributed by atoms with Gasteiger partial charge in [-0.3, -0.25) is 19.0 Å². The van der Waals surface area contributed by atoms with Gasteiger partial charge in [-0.15, -0.1) is 10.2 Å². The zero-order valence-electron chi connectivity index (χ0n) is 13.4. The van der Waals surface area contributed by atoms with E-state index in [1.54, 1.807) is 4.40 Å². The first-order valence-electron chi connectivity index (χ1n) is 7.54. The highest BCUT2D eigenvalue weighted by Gasteiger charge is 2.13. The number of hydrogen-bond acceptors (Lipinski definition) is 5. The largest absolute Gasteiger partial charge is 0.325 e. The van der Waals surface area contributed by atoms with E-state index in [0.29, 0.717) is 17.4 Å². The summed E-state index contributed by atoms with van der Waals surface area (Å²) in [5, 5.41) is 11.5. The topological polar surface area (TPSA) is 92.2 Å². The van der Waals surface area contributed by atoms with Gasteiger partial charge in [0.05, 0.1) is 5.75 Å². The van der Waals surface area contributed by atoms with Crippen LogP contribution in [0.25, 0.3) is 5.78 Å². The molecule has 0 saturated heterocycles. The van der Waals surface area contributed by atoms with Crippen molar-refractivity contribution in [3.05, 3.63) is 51.9 Å². The lowest BCUT2D eigenvalue weighted by Gasteiger charge is -2.08. The second-order valence-electron chi connectivity index (χ2n) is 5.27. The molecule has 1 amide bonds. The standard InChI is InChI=1S/C16H17N5O2S/c1-3-11-8-13(22)18-15-19-20-16(21(11)15)24-9-14(23)17-12-7-5-4-6-10(12)2/h4-8H,3,9H2,1-2H3,(H,17,23)(H,18,19,22). The Balaban J connectivity index is 1.75. The van der Waals surface area contributed by atoms with Gasteiger partial charge in [0.25, 0.3) is 5.56 Å². The number of carbonyl (C=O) groups excluding carboxylic acids is 1. The second kappa shape index (κ2) is 6.88. The molecular weight excluding hydrogens is 326 g/mol. The Bertz CT molecular complexity index is 947. The van der Waals surface area contributed by atoms with Crippen molar-refractivity contribution in [1.29, 1.82) is 0 Å². The molecule has 1 aromatic carbocycles. The molecule has 124 valence electrons. The third-order valence-corrected chi connectivity index (χ3v) is 4.50. The van der Waals surface area contributed by atoms with Gasteiger partial charge in [0, 0.05) is 17.4 Å². The summed E-state index contributed by atoms with van der Waals surface area (Å²) in [4.78, 5) is 26.4. The number of carbonyl (C=O) groups is 1. The van der Waals surface area contributed by atoms with Crippen LogP contribution in [0.2, 0.25) is 0 Å². The number of nitrogens with one attached hydrogen (secondary N) is 2. The summed E-state index contributed by atoms with van der Waals surface area (Å²) >= 11 is 1.28. The summed E-state index contributed by atoms with van der Waals surface area (Å²) in [7, 11) is 0. The van der Waals surface area contributed by atoms with Gasteiger partial charge in [0.2, 0.25) is 11.7 Å². The molecule has 0 bridgehead atoms. The smallest absolute Gasteiger partial charge is 0.252 e. The first kappa shape index (κ1) is 16.3. The molecule has 2 aromatic heterocycles. The zero-order chi connectivity index (χ0) is 17.1. The third kappa shape index (κ3) is 3.33. The lowest BCUT2D eigenvalue weighted by molar-refractivity contribution is -0.113. The molecule has 0 radical (unpaired) electrons. The first-order chi connectivity index (χ1) is 11.6. The van der Waals surface area contributed by atoms with Crippen LogP contribution in [0.1, 0.15) is 18.2 Å². The molecule has 24 heavy (non-hydrogen) atoms. The second-order valence-corrected chi connectivity index (χ2v) is 6.21. The van der Waals surface area contributed by atoms with Crippen molar-refractivity contribution in [1.82, 2.24) is 19.6 Å². The third-order valence-electron chi connectivity index (χ3n) is 3.57. The van der Waals surface area contributed by atoms with Crippen molar-refractivity contribution in [3.63, 3.8) is 0 Å². The average Bonchev–Trinajstić information content (AvgIpc) is 2.97. The Morgan fingerprint density at radius 2 is 2.12 bits per heavy atom. The highest BCUT2D eigenvalue weighted by Crippen LogP contribution is 2.19. The van der Waals surface area contributed by atoms with Crippen LogP contribution in [0.5, 0.6) is 0 Å². The fourth-order valence-corrected chi connectivity index (χ4v) is 3.12. The van der Waals surface area contributed by atoms with E-state index in [-0.39, 0.29) is 17.2 Å². The maximum Gasteiger partial charge on any atom is 0.252 e. The van der Waals surface area contributed by atoms with Gasteiger partial charge < -0.3 is 5.32 Å². The van der Waals surface area contributed by atoms with Crippen LogP contribution in [-0.2, 0) is 11.2 Å². The van der Waals surface area contributed by atoms with E-state index in [2.05, 4.69) is 20.5 Å². The summed E-state index contributed by atoms with van der Waals surface area (Å²) in [6.07, 6.45) is 0.668. The number of aromatic nitrogens is 4. The van der Waals surface area contributed by atoms with Crippen LogP contribution in [0.4, 0.5) is 5.69 Å². The number of hydrogen-bond donors (Lipinski definition) is 2. The van der Waals surface area contributed by atoms with Crippen molar-refractivity contribution in [2.45, 2.75) is 25.4 Å². The lowest BCUT2D eigenvalue weighted by atomic mass is 10.2. The number of aromatic amines is 1. The molecule has 0 spiro atoms. The van der Waals surface area contributed by atoms with Crippen LogP contribution in [0.3, 0.4) is 0 Å². The van der Waals surface area contributed by atoms with Crippen LogP contribution < -0.4 is 10.9 Å². The Morgan fingerprint density at radius 1 is 1.33 bits per heavy atom. The molecule has 3 aromatic rings. The van der Waals surface area contributed by atoms with E-state index < -0.39 is 0 Å². The SMILES string of the molecule is CCc1cc(=O)[nH]c2nnc(SCC(=O)Nc3ccccc3C)n12. The molecule has 2 N–H and O–H groups in total. The van der Waals surface area contributed by atoms with E-state index in [4.69, 9.17) is 0 Å². The molecule has 0 unspecified atom stereocenters. The Hall–Kier alpha value is -2.61. The molecule has 8 heteroatoms. The van der Waals surface area contributed by atoms with Crippen molar-refractivity contribution < 1.29 is 4.79 Å². The van der Waals surface area contributed by atoms with E-state index in [1.807, 2.05) is 38.1 Å². The minimum atomic E-state index is -0.208. The van der Waals surface area contributed by atoms with Gasteiger partial charge in [-0.2, -0.15) is 0 Å². The Labute approximate surface area is 142 Å². The van der Waals surface area contributed by atoms with Gasteiger partial charge in [-0.25, -0.2) is 0 Å². The van der Waals surface area contributed by atoms with Crippen LogP contribution in [0.15, 0.2) is 40.3 Å². The van der Waals surface area contributed by atoms with Crippen molar-refractivity contribution in [3.8, 4) is 0 Å². The van der Waals surface area contributed by atoms with E-state index in [9.17, 15) is 9.59 Å². The number of nitrogens with zero attached hydrogens (tertiary/aromatic N) is 3. The predicted octanol–water partition coefficient (Wildman–Crippen LogP) is 2.02. The molecular formula is C16H17N5O2S. The summed E-state index contributed by atoms with van der Waals surface area (Å²) < 4.78 is 1.77. The van der Waals surface area contributed by atoms with Gasteiger partial charge in [0.15, 0.2) is 5.16 Å². The number of rotatable bonds is 5. The summed E-state index contributed by atoms with van der Waals surface area (Å²) in [5.74, 6) is 0.479. The molecule has 3 rings (SSSR count). The quantitative estimate of drug-likeness (QED) is 0.692. The Morgan fingerprint density at radius 3 is 2.88 bits per heavy atom. The molecule has 0 aliphatic heterocycles. The van der Waals surface area contributed by atoms with E-state index >= 15 is 0 Å². The van der Waals surface area contributed by atoms with E-state index in [1.165, 1.54) is 17.8 Å². The average molecular weight is 343 g/mol. The van der Waals surface area contributed by atoms with Crippen molar-refractivity contribution in [2.24, 2.45) is 0 Å². The predicted molar refractivity (Wildman–Crippen MR) is 93.5 cm³/mol. The van der Waals surface area contributed by atoms with Crippen molar-refractivity contribution in [2.75, 3.05) is 11.1 Å². The minimum Gasteiger partial charge on any atom is -0.325 e. The minimum absolute atomic E-state index is 0.117. The highest BCUT2D eigenvalue weighted by molar-refractivity contribution is 7.99. The molecule has 0 atom stereocenters. The molecule has 7 nitrogen and oxygen atoms in total.